The third kappa shape index (κ3) is 3.11. The van der Waals surface area contributed by atoms with Gasteiger partial charge in [-0.15, -0.1) is 0 Å². The Kier molecular flexibility index (Phi) is 4.62. The van der Waals surface area contributed by atoms with E-state index >= 15 is 0 Å². The number of aromatic nitrogens is 1. The number of aryl methyl sites for hydroxylation is 1. The zero-order valence-corrected chi connectivity index (χ0v) is 13.2. The van der Waals surface area contributed by atoms with Gasteiger partial charge in [-0.25, -0.2) is 4.98 Å². The van der Waals surface area contributed by atoms with Crippen molar-refractivity contribution in [2.45, 2.75) is 20.3 Å². The fraction of sp³-hybridized carbons (Fsp3) is 0.267. The third-order valence-electron chi connectivity index (χ3n) is 3.20. The lowest BCUT2D eigenvalue weighted by atomic mass is 10.1. The molecule has 0 fully saturated rings. The average molecular weight is 336 g/mol. The van der Waals surface area contributed by atoms with E-state index in [9.17, 15) is 0 Å². The van der Waals surface area contributed by atoms with Crippen molar-refractivity contribution in [1.82, 2.24) is 4.98 Å². The van der Waals surface area contributed by atoms with Gasteiger partial charge in [-0.2, -0.15) is 0 Å². The lowest BCUT2D eigenvalue weighted by Crippen LogP contribution is -2.04. The van der Waals surface area contributed by atoms with Crippen molar-refractivity contribution in [2.75, 3.05) is 17.7 Å². The number of nitrogen functional groups attached to an aromatic ring is 1. The summed E-state index contributed by atoms with van der Waals surface area (Å²) in [7, 11) is 0. The molecule has 1 aromatic carbocycles. The number of benzene rings is 1. The van der Waals surface area contributed by atoms with E-state index in [1.54, 1.807) is 0 Å². The maximum Gasteiger partial charge on any atom is 0.154 e. The number of pyridine rings is 1. The number of nitrogens with zero attached hydrogens (tertiary/aromatic N) is 1. The quantitative estimate of drug-likeness (QED) is 0.801. The fourth-order valence-electron chi connectivity index (χ4n) is 1.96. The number of nitrogens with one attached hydrogen (secondary N) is 1. The van der Waals surface area contributed by atoms with Crippen LogP contribution in [0.3, 0.4) is 0 Å². The molecule has 4 nitrogen and oxygen atoms in total. The van der Waals surface area contributed by atoms with E-state index in [4.69, 9.17) is 10.8 Å². The lowest BCUT2D eigenvalue weighted by Gasteiger charge is -2.13. The molecular weight excluding hydrogens is 318 g/mol. The fourth-order valence-corrected chi connectivity index (χ4v) is 2.26. The van der Waals surface area contributed by atoms with E-state index in [-0.39, 0.29) is 6.61 Å². The molecule has 0 aliphatic carbocycles. The van der Waals surface area contributed by atoms with Crippen LogP contribution in [0.5, 0.6) is 0 Å². The van der Waals surface area contributed by atoms with Crippen LogP contribution in [-0.2, 0) is 6.42 Å². The van der Waals surface area contributed by atoms with Crippen LogP contribution in [0, 0.1) is 13.8 Å². The molecule has 1 aromatic heterocycles. The van der Waals surface area contributed by atoms with E-state index in [1.165, 1.54) is 0 Å². The average Bonchev–Trinajstić information content (AvgIpc) is 2.45. The number of hydrogen-bond acceptors (Lipinski definition) is 4. The summed E-state index contributed by atoms with van der Waals surface area (Å²) in [5.41, 5.74) is 10.6. The van der Waals surface area contributed by atoms with E-state index in [0.717, 1.165) is 27.0 Å². The zero-order valence-electron chi connectivity index (χ0n) is 11.6. The second-order valence-corrected chi connectivity index (χ2v) is 5.49. The van der Waals surface area contributed by atoms with Crippen molar-refractivity contribution in [1.29, 1.82) is 0 Å². The van der Waals surface area contributed by atoms with Crippen LogP contribution >= 0.6 is 15.9 Å². The molecule has 0 unspecified atom stereocenters. The van der Waals surface area contributed by atoms with Crippen molar-refractivity contribution in [3.8, 4) is 0 Å². The molecule has 0 bridgehead atoms. The first kappa shape index (κ1) is 14.8. The first-order valence-electron chi connectivity index (χ1n) is 6.42. The number of anilines is 3. The molecule has 1 heterocycles. The van der Waals surface area contributed by atoms with Crippen LogP contribution in [0.15, 0.2) is 28.7 Å². The van der Waals surface area contributed by atoms with Gasteiger partial charge in [0.1, 0.15) is 0 Å². The highest BCUT2D eigenvalue weighted by molar-refractivity contribution is 9.10. The van der Waals surface area contributed by atoms with Gasteiger partial charge in [0.2, 0.25) is 0 Å². The van der Waals surface area contributed by atoms with Crippen LogP contribution in [0.25, 0.3) is 0 Å². The van der Waals surface area contributed by atoms with Gasteiger partial charge >= 0.3 is 0 Å². The Labute approximate surface area is 127 Å². The summed E-state index contributed by atoms with van der Waals surface area (Å²) in [6.07, 6.45) is 0.664. The van der Waals surface area contributed by atoms with Crippen LogP contribution in [0.2, 0.25) is 0 Å². The van der Waals surface area contributed by atoms with Crippen LogP contribution in [0.4, 0.5) is 17.2 Å². The lowest BCUT2D eigenvalue weighted by molar-refractivity contribution is 0.299. The molecule has 4 N–H and O–H groups in total. The van der Waals surface area contributed by atoms with Crippen LogP contribution in [-0.4, -0.2) is 16.7 Å². The summed E-state index contributed by atoms with van der Waals surface area (Å²) < 4.78 is 0.943. The number of aliphatic hydroxyl groups excluding tert-OH is 1. The Bertz CT molecular complexity index is 612. The Balaban J connectivity index is 2.26. The van der Waals surface area contributed by atoms with Gasteiger partial charge in [-0.05, 0) is 59.5 Å². The molecule has 0 amide bonds. The molecule has 106 valence electrons. The number of aliphatic hydroxyl groups is 1. The van der Waals surface area contributed by atoms with E-state index in [0.29, 0.717) is 17.9 Å². The Morgan fingerprint density at radius 3 is 2.50 bits per heavy atom. The van der Waals surface area contributed by atoms with Gasteiger partial charge in [0.25, 0.3) is 0 Å². The molecule has 0 saturated carbocycles. The normalized spacial score (nSPS) is 10.6. The molecule has 20 heavy (non-hydrogen) atoms. The minimum absolute atomic E-state index is 0.159. The summed E-state index contributed by atoms with van der Waals surface area (Å²) in [6.45, 7) is 4.06. The van der Waals surface area contributed by atoms with Gasteiger partial charge in [-0.1, -0.05) is 12.1 Å². The first-order chi connectivity index (χ1) is 9.52. The molecule has 2 rings (SSSR count). The highest BCUT2D eigenvalue weighted by atomic mass is 79.9. The third-order valence-corrected chi connectivity index (χ3v) is 4.37. The SMILES string of the molecule is Cc1nc(Nc2ccc(CCO)cc2)c(N)c(C)c1Br. The number of nitrogens with two attached hydrogens (primary N) is 1. The molecule has 2 aromatic rings. The maximum atomic E-state index is 8.90. The van der Waals surface area contributed by atoms with Gasteiger partial charge in [0.15, 0.2) is 5.82 Å². The Morgan fingerprint density at radius 1 is 1.25 bits per heavy atom. The molecular formula is C15H18BrN3O. The summed E-state index contributed by atoms with van der Waals surface area (Å²) in [5.74, 6) is 0.665. The smallest absolute Gasteiger partial charge is 0.154 e. The second-order valence-electron chi connectivity index (χ2n) is 4.69. The highest BCUT2D eigenvalue weighted by Crippen LogP contribution is 2.31. The molecule has 0 radical (unpaired) electrons. The summed E-state index contributed by atoms with van der Waals surface area (Å²) in [6, 6.07) is 7.87. The van der Waals surface area contributed by atoms with E-state index in [1.807, 2.05) is 38.1 Å². The largest absolute Gasteiger partial charge is 0.396 e. The number of hydrogen-bond donors (Lipinski definition) is 3. The van der Waals surface area contributed by atoms with Crippen LogP contribution in [0.1, 0.15) is 16.8 Å². The standard InChI is InChI=1S/C15H18BrN3O/c1-9-13(16)10(2)18-15(14(9)17)19-12-5-3-11(4-6-12)7-8-20/h3-6,20H,7-8,17H2,1-2H3,(H,18,19). The molecule has 0 aliphatic heterocycles. The monoisotopic (exact) mass is 335 g/mol. The van der Waals surface area contributed by atoms with Crippen LogP contribution < -0.4 is 11.1 Å². The molecule has 0 saturated heterocycles. The van der Waals surface area contributed by atoms with Crippen molar-refractivity contribution >= 4 is 33.1 Å². The topological polar surface area (TPSA) is 71.2 Å². The molecule has 0 spiro atoms. The van der Waals surface area contributed by atoms with Gasteiger partial charge in [-0.3, -0.25) is 0 Å². The maximum absolute atomic E-state index is 8.90. The van der Waals surface area contributed by atoms with Crippen molar-refractivity contribution in [3.05, 3.63) is 45.6 Å². The molecule has 5 heteroatoms. The van der Waals surface area contributed by atoms with Gasteiger partial charge in [0, 0.05) is 16.8 Å². The van der Waals surface area contributed by atoms with Gasteiger partial charge < -0.3 is 16.2 Å². The second kappa shape index (κ2) is 6.24. The predicted molar refractivity (Wildman–Crippen MR) is 86.3 cm³/mol. The molecule has 0 atom stereocenters. The van der Waals surface area contributed by atoms with Crippen molar-refractivity contribution in [3.63, 3.8) is 0 Å². The van der Waals surface area contributed by atoms with E-state index in [2.05, 4.69) is 26.2 Å². The number of halogens is 1. The summed E-state index contributed by atoms with van der Waals surface area (Å²) in [5, 5.41) is 12.1. The first-order valence-corrected chi connectivity index (χ1v) is 7.21. The van der Waals surface area contributed by atoms with Crippen molar-refractivity contribution < 1.29 is 5.11 Å². The number of rotatable bonds is 4. The van der Waals surface area contributed by atoms with Gasteiger partial charge in [0.05, 0.1) is 11.4 Å². The zero-order chi connectivity index (χ0) is 14.7. The molecule has 0 aliphatic rings. The van der Waals surface area contributed by atoms with Crippen molar-refractivity contribution in [2.24, 2.45) is 0 Å². The van der Waals surface area contributed by atoms with E-state index < -0.39 is 0 Å². The Morgan fingerprint density at radius 2 is 1.90 bits per heavy atom. The summed E-state index contributed by atoms with van der Waals surface area (Å²) in [4.78, 5) is 4.46. The minimum Gasteiger partial charge on any atom is -0.396 e. The summed E-state index contributed by atoms with van der Waals surface area (Å²) >= 11 is 3.48. The minimum atomic E-state index is 0.159. The highest BCUT2D eigenvalue weighted by Gasteiger charge is 2.10. The Hall–Kier alpha value is -1.59. The predicted octanol–water partition coefficient (Wildman–Crippen LogP) is 3.32.